The van der Waals surface area contributed by atoms with Crippen molar-refractivity contribution in [3.8, 4) is 5.75 Å². The molecule has 0 radical (unpaired) electrons. The van der Waals surface area contributed by atoms with E-state index in [1.807, 2.05) is 24.3 Å². The van der Waals surface area contributed by atoms with E-state index in [0.717, 1.165) is 17.4 Å². The van der Waals surface area contributed by atoms with Crippen LogP contribution < -0.4 is 10.1 Å². The SMILES string of the molecule is CCCCCCCNC(=O)COc1ccc(Br)cc1. The first-order chi connectivity index (χ1) is 9.22. The largest absolute Gasteiger partial charge is 0.484 e. The predicted octanol–water partition coefficient (Wildman–Crippen LogP) is 3.91. The Kier molecular flexibility index (Phi) is 8.30. The Morgan fingerprint density at radius 1 is 1.16 bits per heavy atom. The van der Waals surface area contributed by atoms with Crippen molar-refractivity contribution in [2.45, 2.75) is 39.0 Å². The zero-order chi connectivity index (χ0) is 13.9. The highest BCUT2D eigenvalue weighted by molar-refractivity contribution is 9.10. The van der Waals surface area contributed by atoms with Gasteiger partial charge in [-0.3, -0.25) is 4.79 Å². The van der Waals surface area contributed by atoms with Gasteiger partial charge in [0.25, 0.3) is 5.91 Å². The number of hydrogen-bond donors (Lipinski definition) is 1. The molecule has 0 aliphatic rings. The van der Waals surface area contributed by atoms with E-state index in [1.165, 1.54) is 25.7 Å². The number of halogens is 1. The second-order valence-corrected chi connectivity index (χ2v) is 5.42. The Hall–Kier alpha value is -1.03. The third-order valence-corrected chi connectivity index (χ3v) is 3.31. The first-order valence-electron chi connectivity index (χ1n) is 6.87. The Labute approximate surface area is 123 Å². The molecule has 1 aromatic rings. The van der Waals surface area contributed by atoms with E-state index in [4.69, 9.17) is 4.74 Å². The van der Waals surface area contributed by atoms with Gasteiger partial charge in [0.05, 0.1) is 0 Å². The minimum absolute atomic E-state index is 0.0570. The molecule has 1 rings (SSSR count). The molecule has 0 aromatic heterocycles. The lowest BCUT2D eigenvalue weighted by Gasteiger charge is -2.07. The van der Waals surface area contributed by atoms with Crippen molar-refractivity contribution in [1.29, 1.82) is 0 Å². The molecule has 0 saturated carbocycles. The number of carbonyl (C=O) groups excluding carboxylic acids is 1. The van der Waals surface area contributed by atoms with Gasteiger partial charge < -0.3 is 10.1 Å². The summed E-state index contributed by atoms with van der Waals surface area (Å²) < 4.78 is 6.38. The summed E-state index contributed by atoms with van der Waals surface area (Å²) in [7, 11) is 0. The van der Waals surface area contributed by atoms with Gasteiger partial charge in [-0.25, -0.2) is 0 Å². The fourth-order valence-electron chi connectivity index (χ4n) is 1.69. The molecule has 106 valence electrons. The molecule has 3 nitrogen and oxygen atoms in total. The van der Waals surface area contributed by atoms with Crippen LogP contribution in [0.3, 0.4) is 0 Å². The molecule has 0 bridgehead atoms. The van der Waals surface area contributed by atoms with Crippen molar-refractivity contribution in [3.05, 3.63) is 28.7 Å². The van der Waals surface area contributed by atoms with Crippen LogP contribution in [0.1, 0.15) is 39.0 Å². The van der Waals surface area contributed by atoms with Gasteiger partial charge in [0.15, 0.2) is 6.61 Å². The molecule has 4 heteroatoms. The Morgan fingerprint density at radius 3 is 2.53 bits per heavy atom. The summed E-state index contributed by atoms with van der Waals surface area (Å²) in [6.45, 7) is 3.02. The highest BCUT2D eigenvalue weighted by Gasteiger charge is 2.01. The maximum Gasteiger partial charge on any atom is 0.257 e. The third-order valence-electron chi connectivity index (χ3n) is 2.79. The van der Waals surface area contributed by atoms with Crippen LogP contribution in [-0.2, 0) is 4.79 Å². The Morgan fingerprint density at radius 2 is 1.84 bits per heavy atom. The van der Waals surface area contributed by atoms with Crippen molar-refractivity contribution in [2.24, 2.45) is 0 Å². The highest BCUT2D eigenvalue weighted by Crippen LogP contribution is 2.15. The van der Waals surface area contributed by atoms with Gasteiger partial charge in [-0.2, -0.15) is 0 Å². The summed E-state index contributed by atoms with van der Waals surface area (Å²) >= 11 is 3.35. The molecule has 1 aromatic carbocycles. The van der Waals surface area contributed by atoms with E-state index in [0.29, 0.717) is 5.75 Å². The summed E-state index contributed by atoms with van der Waals surface area (Å²) in [5.41, 5.74) is 0. The molecular formula is C15H22BrNO2. The second kappa shape index (κ2) is 9.84. The molecule has 0 spiro atoms. The molecule has 0 saturated heterocycles. The lowest BCUT2D eigenvalue weighted by molar-refractivity contribution is -0.123. The Balaban J connectivity index is 2.06. The first-order valence-corrected chi connectivity index (χ1v) is 7.66. The topological polar surface area (TPSA) is 38.3 Å². The Bertz CT molecular complexity index is 365. The first kappa shape index (κ1) is 16.0. The fourth-order valence-corrected chi connectivity index (χ4v) is 1.95. The van der Waals surface area contributed by atoms with Crippen molar-refractivity contribution in [2.75, 3.05) is 13.2 Å². The summed E-state index contributed by atoms with van der Waals surface area (Å²) in [6, 6.07) is 7.45. The minimum atomic E-state index is -0.0570. The average molecular weight is 328 g/mol. The smallest absolute Gasteiger partial charge is 0.257 e. The highest BCUT2D eigenvalue weighted by atomic mass is 79.9. The van der Waals surface area contributed by atoms with Crippen molar-refractivity contribution >= 4 is 21.8 Å². The molecular weight excluding hydrogens is 306 g/mol. The van der Waals surface area contributed by atoms with Gasteiger partial charge in [-0.1, -0.05) is 48.5 Å². The zero-order valence-electron chi connectivity index (χ0n) is 11.5. The quantitative estimate of drug-likeness (QED) is 0.698. The third kappa shape index (κ3) is 7.88. The minimum Gasteiger partial charge on any atom is -0.484 e. The number of carbonyl (C=O) groups is 1. The monoisotopic (exact) mass is 327 g/mol. The number of unbranched alkanes of at least 4 members (excludes halogenated alkanes) is 4. The van der Waals surface area contributed by atoms with Gasteiger partial charge in [-0.05, 0) is 30.7 Å². The van der Waals surface area contributed by atoms with Crippen LogP contribution in [0.25, 0.3) is 0 Å². The van der Waals surface area contributed by atoms with Gasteiger partial charge in [0, 0.05) is 11.0 Å². The number of nitrogens with one attached hydrogen (secondary N) is 1. The number of ether oxygens (including phenoxy) is 1. The van der Waals surface area contributed by atoms with E-state index in [9.17, 15) is 4.79 Å². The average Bonchev–Trinajstić information content (AvgIpc) is 2.42. The lowest BCUT2D eigenvalue weighted by Crippen LogP contribution is -2.29. The maximum absolute atomic E-state index is 11.5. The summed E-state index contributed by atoms with van der Waals surface area (Å²) in [5, 5.41) is 2.87. The lowest BCUT2D eigenvalue weighted by atomic mass is 10.1. The van der Waals surface area contributed by atoms with Gasteiger partial charge in [0.1, 0.15) is 5.75 Å². The van der Waals surface area contributed by atoms with E-state index < -0.39 is 0 Å². The van der Waals surface area contributed by atoms with Crippen molar-refractivity contribution in [3.63, 3.8) is 0 Å². The zero-order valence-corrected chi connectivity index (χ0v) is 13.0. The molecule has 1 N–H and O–H groups in total. The summed E-state index contributed by atoms with van der Waals surface area (Å²) in [5.74, 6) is 0.653. The van der Waals surface area contributed by atoms with E-state index in [1.54, 1.807) is 0 Å². The number of benzene rings is 1. The molecule has 0 aliphatic carbocycles. The normalized spacial score (nSPS) is 10.2. The van der Waals surface area contributed by atoms with Crippen molar-refractivity contribution < 1.29 is 9.53 Å². The molecule has 0 fully saturated rings. The van der Waals surface area contributed by atoms with Crippen LogP contribution in [0, 0.1) is 0 Å². The van der Waals surface area contributed by atoms with E-state index >= 15 is 0 Å². The van der Waals surface area contributed by atoms with Crippen LogP contribution in [0.4, 0.5) is 0 Å². The van der Waals surface area contributed by atoms with Crippen LogP contribution in [0.15, 0.2) is 28.7 Å². The van der Waals surface area contributed by atoms with Crippen molar-refractivity contribution in [1.82, 2.24) is 5.32 Å². The number of hydrogen-bond acceptors (Lipinski definition) is 2. The maximum atomic E-state index is 11.5. The molecule has 19 heavy (non-hydrogen) atoms. The number of amides is 1. The van der Waals surface area contributed by atoms with Gasteiger partial charge in [-0.15, -0.1) is 0 Å². The molecule has 0 heterocycles. The second-order valence-electron chi connectivity index (χ2n) is 4.51. The number of rotatable bonds is 9. The standard InChI is InChI=1S/C15H22BrNO2/c1-2-3-4-5-6-11-17-15(18)12-19-14-9-7-13(16)8-10-14/h7-10H,2-6,11-12H2,1H3,(H,17,18). The van der Waals surface area contributed by atoms with Gasteiger partial charge >= 0.3 is 0 Å². The molecule has 0 unspecified atom stereocenters. The van der Waals surface area contributed by atoms with E-state index in [2.05, 4.69) is 28.2 Å². The summed E-state index contributed by atoms with van der Waals surface area (Å²) in [4.78, 5) is 11.5. The molecule has 0 atom stereocenters. The van der Waals surface area contributed by atoms with Crippen LogP contribution in [0.2, 0.25) is 0 Å². The van der Waals surface area contributed by atoms with Gasteiger partial charge in [0.2, 0.25) is 0 Å². The van der Waals surface area contributed by atoms with E-state index in [-0.39, 0.29) is 12.5 Å². The van der Waals surface area contributed by atoms with Crippen LogP contribution in [-0.4, -0.2) is 19.1 Å². The van der Waals surface area contributed by atoms with Crippen LogP contribution in [0.5, 0.6) is 5.75 Å². The molecule has 0 aliphatic heterocycles. The summed E-state index contributed by atoms with van der Waals surface area (Å²) in [6.07, 6.45) is 6.00. The predicted molar refractivity (Wildman–Crippen MR) is 81.4 cm³/mol. The molecule has 1 amide bonds. The van der Waals surface area contributed by atoms with Crippen LogP contribution >= 0.6 is 15.9 Å². The fraction of sp³-hybridized carbons (Fsp3) is 0.533.